The summed E-state index contributed by atoms with van der Waals surface area (Å²) in [5.74, 6) is -0.559. The van der Waals surface area contributed by atoms with Gasteiger partial charge in [0.1, 0.15) is 7.11 Å². The van der Waals surface area contributed by atoms with Crippen LogP contribution in [0, 0.1) is 0 Å². The van der Waals surface area contributed by atoms with E-state index in [9.17, 15) is 4.79 Å². The van der Waals surface area contributed by atoms with Crippen LogP contribution in [0.15, 0.2) is 12.3 Å². The van der Waals surface area contributed by atoms with Crippen molar-refractivity contribution in [3.63, 3.8) is 0 Å². The lowest BCUT2D eigenvalue weighted by Gasteiger charge is -1.93. The lowest BCUT2D eigenvalue weighted by Crippen LogP contribution is -2.14. The molecule has 54 valence electrons. The fourth-order valence-corrected chi connectivity index (χ4v) is 0.540. The Morgan fingerprint density at radius 1 is 1.90 bits per heavy atom. The van der Waals surface area contributed by atoms with Gasteiger partial charge in [0.15, 0.2) is 5.69 Å². The van der Waals surface area contributed by atoms with Crippen LogP contribution >= 0.6 is 0 Å². The zero-order chi connectivity index (χ0) is 7.56. The minimum atomic E-state index is -0.559. The van der Waals surface area contributed by atoms with E-state index in [1.165, 1.54) is 19.4 Å². The van der Waals surface area contributed by atoms with Crippen molar-refractivity contribution in [2.24, 2.45) is 5.73 Å². The molecule has 2 N–H and O–H groups in total. The fraction of sp³-hybridized carbons (Fsp3) is 0.200. The Kier molecular flexibility index (Phi) is 1.57. The van der Waals surface area contributed by atoms with Crippen LogP contribution in [0.5, 0.6) is 0 Å². The molecule has 0 spiro atoms. The molecule has 10 heavy (non-hydrogen) atoms. The van der Waals surface area contributed by atoms with Gasteiger partial charge in [0.05, 0.1) is 6.20 Å². The summed E-state index contributed by atoms with van der Waals surface area (Å²) in [6.07, 6.45) is 1.50. The summed E-state index contributed by atoms with van der Waals surface area (Å²) in [6, 6.07) is 1.48. The number of carbonyl (C=O) groups is 1. The SMILES string of the molecule is COn1ccc(C(N)=O)n1. The molecule has 0 saturated heterocycles. The first-order valence-corrected chi connectivity index (χ1v) is 2.64. The van der Waals surface area contributed by atoms with Gasteiger partial charge in [0.2, 0.25) is 0 Å². The normalized spacial score (nSPS) is 9.30. The Bertz CT molecular complexity index is 243. The second-order valence-corrected chi connectivity index (χ2v) is 1.65. The first-order valence-electron chi connectivity index (χ1n) is 2.64. The topological polar surface area (TPSA) is 70.1 Å². The van der Waals surface area contributed by atoms with Gasteiger partial charge < -0.3 is 10.6 Å². The quantitative estimate of drug-likeness (QED) is 0.576. The van der Waals surface area contributed by atoms with E-state index < -0.39 is 5.91 Å². The highest BCUT2D eigenvalue weighted by Gasteiger charge is 2.02. The van der Waals surface area contributed by atoms with Gasteiger partial charge in [-0.3, -0.25) is 4.79 Å². The van der Waals surface area contributed by atoms with E-state index in [4.69, 9.17) is 5.73 Å². The van der Waals surface area contributed by atoms with E-state index in [1.807, 2.05) is 0 Å². The summed E-state index contributed by atoms with van der Waals surface area (Å²) in [4.78, 5) is 16.2. The number of rotatable bonds is 2. The highest BCUT2D eigenvalue weighted by molar-refractivity contribution is 5.90. The van der Waals surface area contributed by atoms with Crippen LogP contribution < -0.4 is 10.6 Å². The zero-order valence-corrected chi connectivity index (χ0v) is 5.44. The minimum Gasteiger partial charge on any atom is -0.400 e. The maximum absolute atomic E-state index is 10.4. The van der Waals surface area contributed by atoms with Crippen molar-refractivity contribution < 1.29 is 9.63 Å². The van der Waals surface area contributed by atoms with Crippen LogP contribution in [0.4, 0.5) is 0 Å². The second kappa shape index (κ2) is 2.38. The summed E-state index contributed by atoms with van der Waals surface area (Å²) >= 11 is 0. The molecule has 0 saturated carbocycles. The number of hydrogen-bond donors (Lipinski definition) is 1. The molecule has 1 rings (SSSR count). The molecule has 5 heteroatoms. The van der Waals surface area contributed by atoms with Gasteiger partial charge in [0.25, 0.3) is 5.91 Å². The third-order valence-electron chi connectivity index (χ3n) is 1.01. The van der Waals surface area contributed by atoms with Crippen molar-refractivity contribution >= 4 is 5.91 Å². The summed E-state index contributed by atoms with van der Waals surface area (Å²) in [5.41, 5.74) is 5.11. The maximum Gasteiger partial charge on any atom is 0.269 e. The summed E-state index contributed by atoms with van der Waals surface area (Å²) in [5, 5.41) is 3.65. The Hall–Kier alpha value is -1.52. The van der Waals surface area contributed by atoms with Crippen molar-refractivity contribution in [2.75, 3.05) is 7.11 Å². The fourth-order valence-electron chi connectivity index (χ4n) is 0.540. The molecule has 1 aromatic heterocycles. The number of carbonyl (C=O) groups excluding carboxylic acids is 1. The average Bonchev–Trinajstić information content (AvgIpc) is 2.34. The predicted molar refractivity (Wildman–Crippen MR) is 33.2 cm³/mol. The lowest BCUT2D eigenvalue weighted by atomic mass is 10.4. The predicted octanol–water partition coefficient (Wildman–Crippen LogP) is -0.960. The highest BCUT2D eigenvalue weighted by Crippen LogP contribution is 1.90. The molecule has 0 aliphatic carbocycles. The van der Waals surface area contributed by atoms with Crippen LogP contribution in [0.25, 0.3) is 0 Å². The number of hydrogen-bond acceptors (Lipinski definition) is 3. The zero-order valence-electron chi connectivity index (χ0n) is 5.44. The molecule has 0 aliphatic heterocycles. The van der Waals surface area contributed by atoms with Gasteiger partial charge in [-0.25, -0.2) is 0 Å². The third-order valence-corrected chi connectivity index (χ3v) is 1.01. The molecular weight excluding hydrogens is 134 g/mol. The molecule has 1 aromatic rings. The summed E-state index contributed by atoms with van der Waals surface area (Å²) < 4.78 is 0. The Labute approximate surface area is 57.3 Å². The monoisotopic (exact) mass is 141 g/mol. The molecule has 0 fully saturated rings. The van der Waals surface area contributed by atoms with Gasteiger partial charge in [-0.15, -0.1) is 9.94 Å². The molecule has 5 nitrogen and oxygen atoms in total. The van der Waals surface area contributed by atoms with E-state index in [0.717, 1.165) is 4.85 Å². The molecule has 1 amide bonds. The van der Waals surface area contributed by atoms with Gasteiger partial charge in [-0.2, -0.15) is 0 Å². The van der Waals surface area contributed by atoms with Gasteiger partial charge in [-0.1, -0.05) is 0 Å². The van der Waals surface area contributed by atoms with Gasteiger partial charge >= 0.3 is 0 Å². The summed E-state index contributed by atoms with van der Waals surface area (Å²) in [6.45, 7) is 0. The smallest absolute Gasteiger partial charge is 0.269 e. The largest absolute Gasteiger partial charge is 0.400 e. The minimum absolute atomic E-state index is 0.196. The molecule has 0 radical (unpaired) electrons. The van der Waals surface area contributed by atoms with E-state index >= 15 is 0 Å². The number of nitrogens with two attached hydrogens (primary N) is 1. The lowest BCUT2D eigenvalue weighted by molar-refractivity contribution is 0.0978. The average molecular weight is 141 g/mol. The molecule has 0 atom stereocenters. The van der Waals surface area contributed by atoms with Crippen molar-refractivity contribution in [1.29, 1.82) is 0 Å². The third kappa shape index (κ3) is 1.07. The Morgan fingerprint density at radius 2 is 2.60 bits per heavy atom. The van der Waals surface area contributed by atoms with E-state index in [2.05, 4.69) is 9.94 Å². The van der Waals surface area contributed by atoms with Crippen molar-refractivity contribution in [1.82, 2.24) is 9.94 Å². The van der Waals surface area contributed by atoms with E-state index in [0.29, 0.717) is 0 Å². The van der Waals surface area contributed by atoms with Crippen molar-refractivity contribution in [2.45, 2.75) is 0 Å². The van der Waals surface area contributed by atoms with Crippen LogP contribution in [-0.4, -0.2) is 23.0 Å². The Morgan fingerprint density at radius 3 is 2.90 bits per heavy atom. The molecule has 0 aliphatic rings. The number of aromatic nitrogens is 2. The maximum atomic E-state index is 10.4. The molecule has 0 unspecified atom stereocenters. The standard InChI is InChI=1S/C5H7N3O2/c1-10-8-3-2-4(7-8)5(6)9/h2-3H,1H3,(H2,6,9). The van der Waals surface area contributed by atoms with Gasteiger partial charge in [0, 0.05) is 0 Å². The number of primary amides is 1. The highest BCUT2D eigenvalue weighted by atomic mass is 16.7. The van der Waals surface area contributed by atoms with Crippen LogP contribution in [-0.2, 0) is 0 Å². The second-order valence-electron chi connectivity index (χ2n) is 1.65. The first-order chi connectivity index (χ1) is 4.74. The molecule has 1 heterocycles. The first kappa shape index (κ1) is 6.60. The van der Waals surface area contributed by atoms with Crippen molar-refractivity contribution in [3.05, 3.63) is 18.0 Å². The van der Waals surface area contributed by atoms with Crippen LogP contribution in [0.3, 0.4) is 0 Å². The molecule has 0 bridgehead atoms. The number of nitrogens with zero attached hydrogens (tertiary/aromatic N) is 2. The van der Waals surface area contributed by atoms with Crippen LogP contribution in [0.1, 0.15) is 10.5 Å². The Balaban J connectivity index is 2.88. The van der Waals surface area contributed by atoms with E-state index in [-0.39, 0.29) is 5.69 Å². The molecular formula is C5H7N3O2. The van der Waals surface area contributed by atoms with E-state index in [1.54, 1.807) is 0 Å². The summed E-state index contributed by atoms with van der Waals surface area (Å²) in [7, 11) is 1.44. The van der Waals surface area contributed by atoms with Gasteiger partial charge in [-0.05, 0) is 6.07 Å². The van der Waals surface area contributed by atoms with Crippen molar-refractivity contribution in [3.8, 4) is 0 Å². The molecule has 0 aromatic carbocycles. The number of amides is 1. The van der Waals surface area contributed by atoms with Crippen LogP contribution in [0.2, 0.25) is 0 Å².